The molecule has 3 rings (SSSR count). The average Bonchev–Trinajstić information content (AvgIpc) is 3.05. The van der Waals surface area contributed by atoms with Crippen molar-refractivity contribution in [3.05, 3.63) is 65.9 Å². The van der Waals surface area contributed by atoms with E-state index in [0.29, 0.717) is 5.56 Å². The van der Waals surface area contributed by atoms with Gasteiger partial charge in [-0.3, -0.25) is 4.68 Å². The van der Waals surface area contributed by atoms with Crippen LogP contribution in [0.1, 0.15) is 17.2 Å². The minimum Gasteiger partial charge on any atom is -0.445 e. The summed E-state index contributed by atoms with van der Waals surface area (Å²) in [6.45, 7) is -0.313. The maximum atomic E-state index is 12.0. The number of fused-ring (bicyclic) bond motifs is 1. The van der Waals surface area contributed by atoms with Crippen molar-refractivity contribution in [2.24, 2.45) is 7.05 Å². The Kier molecular flexibility index (Phi) is 5.50. The number of carbonyl (C=O) groups excluding carboxylic acids is 1. The standard InChI is InChI=1S/C19H21N3O4/c1-22-17-9-14(7-8-15(17)10-20-22)18(24)16(11-23)21-19(25)26-12-13-5-3-2-4-6-13/h2-10,16,18,23-24H,11-12H2,1H3,(H,21,25). The summed E-state index contributed by atoms with van der Waals surface area (Å²) in [4.78, 5) is 12.0. The number of amides is 1. The number of aliphatic hydroxyl groups is 2. The highest BCUT2D eigenvalue weighted by Gasteiger charge is 2.23. The fourth-order valence-electron chi connectivity index (χ4n) is 2.72. The van der Waals surface area contributed by atoms with Gasteiger partial charge in [-0.1, -0.05) is 42.5 Å². The van der Waals surface area contributed by atoms with Crippen LogP contribution in [0.2, 0.25) is 0 Å². The van der Waals surface area contributed by atoms with Gasteiger partial charge in [0.15, 0.2) is 0 Å². The van der Waals surface area contributed by atoms with Crippen molar-refractivity contribution >= 4 is 17.0 Å². The first-order chi connectivity index (χ1) is 12.6. The summed E-state index contributed by atoms with van der Waals surface area (Å²) in [5, 5.41) is 27.7. The molecule has 26 heavy (non-hydrogen) atoms. The summed E-state index contributed by atoms with van der Waals surface area (Å²) in [5.41, 5.74) is 2.28. The van der Waals surface area contributed by atoms with Crippen LogP contribution in [0.5, 0.6) is 0 Å². The molecule has 7 nitrogen and oxygen atoms in total. The molecule has 2 atom stereocenters. The monoisotopic (exact) mass is 355 g/mol. The maximum Gasteiger partial charge on any atom is 0.407 e. The summed E-state index contributed by atoms with van der Waals surface area (Å²) in [5.74, 6) is 0. The molecule has 0 fully saturated rings. The largest absolute Gasteiger partial charge is 0.445 e. The van der Waals surface area contributed by atoms with Gasteiger partial charge in [0.25, 0.3) is 0 Å². The summed E-state index contributed by atoms with van der Waals surface area (Å²) >= 11 is 0. The van der Waals surface area contributed by atoms with Crippen LogP contribution in [0, 0.1) is 0 Å². The predicted molar refractivity (Wildman–Crippen MR) is 96.3 cm³/mol. The van der Waals surface area contributed by atoms with Crippen LogP contribution in [0.4, 0.5) is 4.79 Å². The second kappa shape index (κ2) is 7.99. The maximum absolute atomic E-state index is 12.0. The van der Waals surface area contributed by atoms with Gasteiger partial charge in [0.2, 0.25) is 0 Å². The van der Waals surface area contributed by atoms with E-state index in [1.165, 1.54) is 0 Å². The molecule has 1 amide bonds. The number of hydrogen-bond donors (Lipinski definition) is 3. The number of hydrogen-bond acceptors (Lipinski definition) is 5. The summed E-state index contributed by atoms with van der Waals surface area (Å²) < 4.78 is 6.83. The summed E-state index contributed by atoms with van der Waals surface area (Å²) in [7, 11) is 1.81. The Labute approximate surface area is 150 Å². The molecular weight excluding hydrogens is 334 g/mol. The predicted octanol–water partition coefficient (Wildman–Crippen LogP) is 1.89. The fourth-order valence-corrected chi connectivity index (χ4v) is 2.72. The quantitative estimate of drug-likeness (QED) is 0.627. The molecule has 7 heteroatoms. The molecule has 0 radical (unpaired) electrons. The molecular formula is C19H21N3O4. The lowest BCUT2D eigenvalue weighted by atomic mass is 10.0. The normalized spacial score (nSPS) is 13.3. The first-order valence-electron chi connectivity index (χ1n) is 8.26. The van der Waals surface area contributed by atoms with Crippen molar-refractivity contribution < 1.29 is 19.7 Å². The summed E-state index contributed by atoms with van der Waals surface area (Å²) in [6, 6.07) is 13.7. The molecule has 0 bridgehead atoms. The van der Waals surface area contributed by atoms with Gasteiger partial charge < -0.3 is 20.3 Å². The number of benzene rings is 2. The molecule has 1 heterocycles. The van der Waals surface area contributed by atoms with E-state index in [4.69, 9.17) is 4.74 Å². The molecule has 0 aliphatic heterocycles. The van der Waals surface area contributed by atoms with Crippen molar-refractivity contribution in [1.82, 2.24) is 15.1 Å². The third-order valence-electron chi connectivity index (χ3n) is 4.21. The van der Waals surface area contributed by atoms with Crippen molar-refractivity contribution in [3.63, 3.8) is 0 Å². The zero-order valence-corrected chi connectivity index (χ0v) is 14.4. The molecule has 0 spiro atoms. The lowest BCUT2D eigenvalue weighted by Gasteiger charge is -2.22. The van der Waals surface area contributed by atoms with E-state index in [9.17, 15) is 15.0 Å². The Morgan fingerprint density at radius 1 is 1.27 bits per heavy atom. The van der Waals surface area contributed by atoms with Gasteiger partial charge in [0.1, 0.15) is 12.7 Å². The number of rotatable bonds is 6. The average molecular weight is 355 g/mol. The highest BCUT2D eigenvalue weighted by atomic mass is 16.5. The molecule has 3 aromatic rings. The zero-order chi connectivity index (χ0) is 18.5. The van der Waals surface area contributed by atoms with Crippen LogP contribution in [-0.4, -0.2) is 38.7 Å². The molecule has 0 aliphatic rings. The minimum atomic E-state index is -1.08. The second-order valence-corrected chi connectivity index (χ2v) is 6.03. The van der Waals surface area contributed by atoms with Gasteiger partial charge in [-0.25, -0.2) is 4.79 Å². The highest BCUT2D eigenvalue weighted by molar-refractivity contribution is 5.79. The molecule has 136 valence electrons. The Bertz CT molecular complexity index is 879. The topological polar surface area (TPSA) is 96.6 Å². The molecule has 2 unspecified atom stereocenters. The van der Waals surface area contributed by atoms with E-state index < -0.39 is 24.8 Å². The second-order valence-electron chi connectivity index (χ2n) is 6.03. The Morgan fingerprint density at radius 3 is 2.77 bits per heavy atom. The van der Waals surface area contributed by atoms with Crippen LogP contribution >= 0.6 is 0 Å². The number of aliphatic hydroxyl groups excluding tert-OH is 2. The molecule has 2 aromatic carbocycles. The summed E-state index contributed by atoms with van der Waals surface area (Å²) in [6.07, 6.45) is -0.0501. The van der Waals surface area contributed by atoms with Gasteiger partial charge in [-0.2, -0.15) is 5.10 Å². The number of aromatic nitrogens is 2. The van der Waals surface area contributed by atoms with Gasteiger partial charge in [-0.15, -0.1) is 0 Å². The third kappa shape index (κ3) is 4.01. The van der Waals surface area contributed by atoms with Crippen LogP contribution in [-0.2, 0) is 18.4 Å². The minimum absolute atomic E-state index is 0.113. The number of aryl methyl sites for hydroxylation is 1. The first-order valence-corrected chi connectivity index (χ1v) is 8.26. The third-order valence-corrected chi connectivity index (χ3v) is 4.21. The molecule has 0 aliphatic carbocycles. The van der Waals surface area contributed by atoms with E-state index >= 15 is 0 Å². The van der Waals surface area contributed by atoms with Crippen LogP contribution in [0.15, 0.2) is 54.7 Å². The Hall–Kier alpha value is -2.90. The lowest BCUT2D eigenvalue weighted by molar-refractivity contribution is 0.0764. The lowest BCUT2D eigenvalue weighted by Crippen LogP contribution is -2.42. The van der Waals surface area contributed by atoms with E-state index in [1.54, 1.807) is 30.1 Å². The van der Waals surface area contributed by atoms with Crippen molar-refractivity contribution in [1.29, 1.82) is 0 Å². The van der Waals surface area contributed by atoms with Crippen LogP contribution in [0.25, 0.3) is 10.9 Å². The molecule has 0 saturated carbocycles. The fraction of sp³-hybridized carbons (Fsp3) is 0.263. The number of carbonyl (C=O) groups is 1. The van der Waals surface area contributed by atoms with E-state index in [0.717, 1.165) is 16.5 Å². The Balaban J connectivity index is 1.64. The van der Waals surface area contributed by atoms with E-state index in [2.05, 4.69) is 10.4 Å². The van der Waals surface area contributed by atoms with Gasteiger partial charge >= 0.3 is 6.09 Å². The zero-order valence-electron chi connectivity index (χ0n) is 14.4. The van der Waals surface area contributed by atoms with Gasteiger partial charge in [-0.05, 0) is 17.2 Å². The smallest absolute Gasteiger partial charge is 0.407 e. The number of alkyl carbamates (subject to hydrolysis) is 1. The van der Waals surface area contributed by atoms with E-state index in [-0.39, 0.29) is 6.61 Å². The first kappa shape index (κ1) is 17.9. The van der Waals surface area contributed by atoms with Gasteiger partial charge in [0, 0.05) is 12.4 Å². The SMILES string of the molecule is Cn1ncc2ccc(C(O)C(CO)NC(=O)OCc3ccccc3)cc21. The molecule has 0 saturated heterocycles. The van der Waals surface area contributed by atoms with Crippen LogP contribution < -0.4 is 5.32 Å². The van der Waals surface area contributed by atoms with Crippen molar-refractivity contribution in [3.8, 4) is 0 Å². The van der Waals surface area contributed by atoms with Crippen molar-refractivity contribution in [2.75, 3.05) is 6.61 Å². The van der Waals surface area contributed by atoms with Gasteiger partial charge in [0.05, 0.1) is 24.4 Å². The van der Waals surface area contributed by atoms with Crippen molar-refractivity contribution in [2.45, 2.75) is 18.8 Å². The van der Waals surface area contributed by atoms with Crippen LogP contribution in [0.3, 0.4) is 0 Å². The molecule has 3 N–H and O–H groups in total. The number of nitrogens with one attached hydrogen (secondary N) is 1. The number of nitrogens with zero attached hydrogens (tertiary/aromatic N) is 2. The Morgan fingerprint density at radius 2 is 2.04 bits per heavy atom. The van der Waals surface area contributed by atoms with E-state index in [1.807, 2.05) is 36.4 Å². The molecule has 1 aromatic heterocycles. The highest BCUT2D eigenvalue weighted by Crippen LogP contribution is 2.22. The number of ether oxygens (including phenoxy) is 1.